The van der Waals surface area contributed by atoms with E-state index in [0.29, 0.717) is 6.42 Å². The lowest BCUT2D eigenvalue weighted by atomic mass is 9.99. The molecular formula is C57H105NO8. The second-order valence-electron chi connectivity index (χ2n) is 19.4. The third kappa shape index (κ3) is 36.2. The van der Waals surface area contributed by atoms with Gasteiger partial charge in [0.05, 0.1) is 25.4 Å². The average molecular weight is 932 g/mol. The maximum Gasteiger partial charge on any atom is 0.220 e. The molecular weight excluding hydrogens is 827 g/mol. The van der Waals surface area contributed by atoms with Crippen LogP contribution in [0, 0.1) is 0 Å². The summed E-state index contributed by atoms with van der Waals surface area (Å²) in [4.78, 5) is 13.0. The quantitative estimate of drug-likeness (QED) is 0.0261. The second-order valence-corrected chi connectivity index (χ2v) is 19.4. The van der Waals surface area contributed by atoms with Crippen molar-refractivity contribution in [2.24, 2.45) is 0 Å². The maximum atomic E-state index is 13.0. The molecule has 1 saturated heterocycles. The molecule has 0 saturated carbocycles. The van der Waals surface area contributed by atoms with Gasteiger partial charge in [-0.3, -0.25) is 4.79 Å². The third-order valence-corrected chi connectivity index (χ3v) is 13.1. The summed E-state index contributed by atoms with van der Waals surface area (Å²) in [6.45, 7) is 3.75. The van der Waals surface area contributed by atoms with Crippen LogP contribution in [0.4, 0.5) is 0 Å². The van der Waals surface area contributed by atoms with Crippen LogP contribution in [-0.4, -0.2) is 87.5 Å². The van der Waals surface area contributed by atoms with Crippen LogP contribution >= 0.6 is 0 Å². The van der Waals surface area contributed by atoms with Crippen LogP contribution in [0.15, 0.2) is 48.6 Å². The summed E-state index contributed by atoms with van der Waals surface area (Å²) >= 11 is 0. The molecule has 9 heteroatoms. The highest BCUT2D eigenvalue weighted by molar-refractivity contribution is 5.76. The Morgan fingerprint density at radius 1 is 0.515 bits per heavy atom. The molecule has 0 aromatic carbocycles. The Hall–Kier alpha value is -1.85. The molecule has 1 rings (SSSR count). The van der Waals surface area contributed by atoms with Crippen molar-refractivity contribution in [3.05, 3.63) is 48.6 Å². The fourth-order valence-electron chi connectivity index (χ4n) is 8.67. The maximum absolute atomic E-state index is 13.0. The Labute approximate surface area is 405 Å². The number of unbranched alkanes of at least 4 members (excludes halogenated alkanes) is 31. The first-order valence-corrected chi connectivity index (χ1v) is 27.9. The van der Waals surface area contributed by atoms with E-state index in [9.17, 15) is 30.3 Å². The molecule has 0 aromatic heterocycles. The predicted octanol–water partition coefficient (Wildman–Crippen LogP) is 13.3. The molecule has 0 aliphatic carbocycles. The highest BCUT2D eigenvalue weighted by Gasteiger charge is 2.44. The normalized spacial score (nSPS) is 20.1. The van der Waals surface area contributed by atoms with Crippen molar-refractivity contribution in [3.8, 4) is 0 Å². The van der Waals surface area contributed by atoms with Gasteiger partial charge in [-0.05, 0) is 64.2 Å². The zero-order valence-corrected chi connectivity index (χ0v) is 42.7. The Kier molecular flexibility index (Phi) is 44.1. The number of ether oxygens (including phenoxy) is 2. The summed E-state index contributed by atoms with van der Waals surface area (Å²) in [6.07, 6.45) is 54.8. The van der Waals surface area contributed by atoms with Crippen molar-refractivity contribution in [3.63, 3.8) is 0 Å². The molecule has 7 atom stereocenters. The number of nitrogens with one attached hydrogen (secondary N) is 1. The number of aliphatic hydroxyl groups excluding tert-OH is 5. The van der Waals surface area contributed by atoms with Gasteiger partial charge in [-0.2, -0.15) is 0 Å². The molecule has 1 aliphatic heterocycles. The minimum Gasteiger partial charge on any atom is -0.394 e. The van der Waals surface area contributed by atoms with Gasteiger partial charge >= 0.3 is 0 Å². The fraction of sp³-hybridized carbons (Fsp3) is 0.842. The molecule has 0 bridgehead atoms. The van der Waals surface area contributed by atoms with Gasteiger partial charge in [0.25, 0.3) is 0 Å². The van der Waals surface area contributed by atoms with E-state index >= 15 is 0 Å². The molecule has 6 N–H and O–H groups in total. The first-order chi connectivity index (χ1) is 32.3. The molecule has 1 amide bonds. The smallest absolute Gasteiger partial charge is 0.220 e. The van der Waals surface area contributed by atoms with Gasteiger partial charge in [-0.15, -0.1) is 0 Å². The van der Waals surface area contributed by atoms with Crippen molar-refractivity contribution >= 4 is 5.91 Å². The van der Waals surface area contributed by atoms with Crippen LogP contribution in [-0.2, 0) is 14.3 Å². The number of carbonyl (C=O) groups is 1. The molecule has 1 fully saturated rings. The molecule has 0 radical (unpaired) electrons. The topological polar surface area (TPSA) is 149 Å². The highest BCUT2D eigenvalue weighted by atomic mass is 16.7. The van der Waals surface area contributed by atoms with Crippen molar-refractivity contribution in [1.82, 2.24) is 5.32 Å². The molecule has 386 valence electrons. The van der Waals surface area contributed by atoms with Crippen LogP contribution in [0.2, 0.25) is 0 Å². The molecule has 66 heavy (non-hydrogen) atoms. The van der Waals surface area contributed by atoms with Crippen molar-refractivity contribution in [2.45, 2.75) is 294 Å². The molecule has 9 nitrogen and oxygen atoms in total. The lowest BCUT2D eigenvalue weighted by Gasteiger charge is -2.40. The van der Waals surface area contributed by atoms with E-state index in [4.69, 9.17) is 9.47 Å². The first kappa shape index (κ1) is 62.2. The van der Waals surface area contributed by atoms with Gasteiger partial charge in [0.15, 0.2) is 6.29 Å². The minimum atomic E-state index is -1.57. The first-order valence-electron chi connectivity index (χ1n) is 27.9. The van der Waals surface area contributed by atoms with Crippen LogP contribution < -0.4 is 5.32 Å². The number of rotatable bonds is 47. The van der Waals surface area contributed by atoms with Crippen molar-refractivity contribution < 1.29 is 39.8 Å². The second kappa shape index (κ2) is 46.9. The van der Waals surface area contributed by atoms with E-state index in [0.717, 1.165) is 44.9 Å². The number of allylic oxidation sites excluding steroid dienone is 7. The molecule has 7 unspecified atom stereocenters. The largest absolute Gasteiger partial charge is 0.394 e. The molecule has 0 aromatic rings. The van der Waals surface area contributed by atoms with Gasteiger partial charge in [0.1, 0.15) is 24.4 Å². The zero-order valence-electron chi connectivity index (χ0n) is 42.7. The van der Waals surface area contributed by atoms with E-state index in [1.54, 1.807) is 6.08 Å². The van der Waals surface area contributed by atoms with E-state index in [1.807, 2.05) is 6.08 Å². The Balaban J connectivity index is 2.15. The van der Waals surface area contributed by atoms with Crippen molar-refractivity contribution in [1.29, 1.82) is 0 Å². The number of carbonyl (C=O) groups excluding carboxylic acids is 1. The average Bonchev–Trinajstić information content (AvgIpc) is 3.32. The Morgan fingerprint density at radius 2 is 0.909 bits per heavy atom. The summed E-state index contributed by atoms with van der Waals surface area (Å²) in [6, 6.07) is -0.821. The van der Waals surface area contributed by atoms with Gasteiger partial charge in [0, 0.05) is 6.42 Å². The van der Waals surface area contributed by atoms with E-state index in [-0.39, 0.29) is 12.5 Å². The summed E-state index contributed by atoms with van der Waals surface area (Å²) in [5.74, 6) is -0.187. The monoisotopic (exact) mass is 932 g/mol. The van der Waals surface area contributed by atoms with E-state index < -0.39 is 49.5 Å². The summed E-state index contributed by atoms with van der Waals surface area (Å²) in [5, 5.41) is 54.3. The highest BCUT2D eigenvalue weighted by Crippen LogP contribution is 2.23. The lowest BCUT2D eigenvalue weighted by Crippen LogP contribution is -2.60. The lowest BCUT2D eigenvalue weighted by molar-refractivity contribution is -0.302. The van der Waals surface area contributed by atoms with Gasteiger partial charge in [-0.1, -0.05) is 229 Å². The third-order valence-electron chi connectivity index (χ3n) is 13.1. The number of hydrogen-bond donors (Lipinski definition) is 6. The Morgan fingerprint density at radius 3 is 1.36 bits per heavy atom. The fourth-order valence-corrected chi connectivity index (χ4v) is 8.67. The molecule has 1 aliphatic rings. The van der Waals surface area contributed by atoms with E-state index in [1.165, 1.54) is 186 Å². The van der Waals surface area contributed by atoms with Crippen molar-refractivity contribution in [2.75, 3.05) is 13.2 Å². The summed E-state index contributed by atoms with van der Waals surface area (Å²) < 4.78 is 11.2. The van der Waals surface area contributed by atoms with E-state index in [2.05, 4.69) is 55.6 Å². The SMILES string of the molecule is CCCCCCCC/C=C/CC/C=C/C(O)C(COC1OC(CO)C(O)C(O)C1O)NC(=O)CCCCCCCCCCCCCCCCC/C=C\C/C=C\CCCCCCCCCCC. The van der Waals surface area contributed by atoms with Crippen LogP contribution in [0.5, 0.6) is 0 Å². The zero-order chi connectivity index (χ0) is 48.0. The number of hydrogen-bond acceptors (Lipinski definition) is 8. The Bertz CT molecular complexity index is 1170. The summed E-state index contributed by atoms with van der Waals surface area (Å²) in [5.41, 5.74) is 0. The van der Waals surface area contributed by atoms with Crippen LogP contribution in [0.1, 0.15) is 251 Å². The number of amides is 1. The van der Waals surface area contributed by atoms with Gasteiger partial charge in [0.2, 0.25) is 5.91 Å². The molecule has 1 heterocycles. The van der Waals surface area contributed by atoms with Gasteiger partial charge in [-0.25, -0.2) is 0 Å². The molecule has 0 spiro atoms. The van der Waals surface area contributed by atoms with Crippen LogP contribution in [0.25, 0.3) is 0 Å². The standard InChI is InChI=1S/C57H105NO8/c1-3-5-7-9-11-13-15-17-18-19-20-21-22-23-24-25-26-27-28-29-30-31-32-33-34-35-37-39-41-43-45-47-53(61)58-50(49-65-57-56(64)55(63)54(62)52(48-59)66-57)51(60)46-44-42-40-38-36-16-14-12-10-8-6-4-2/h20-21,23-24,36,38,44,46,50-52,54-57,59-60,62-64H,3-19,22,25-35,37,39-43,45,47-49H2,1-2H3,(H,58,61)/b21-20-,24-23-,38-36+,46-44+. The predicted molar refractivity (Wildman–Crippen MR) is 276 cm³/mol. The van der Waals surface area contributed by atoms with Gasteiger partial charge < -0.3 is 40.3 Å². The van der Waals surface area contributed by atoms with Crippen LogP contribution in [0.3, 0.4) is 0 Å². The number of aliphatic hydroxyl groups is 5. The minimum absolute atomic E-state index is 0.187. The summed E-state index contributed by atoms with van der Waals surface area (Å²) in [7, 11) is 0.